The van der Waals surface area contributed by atoms with E-state index >= 15 is 0 Å². The molecule has 1 aliphatic heterocycles. The lowest BCUT2D eigenvalue weighted by Crippen LogP contribution is -2.46. The van der Waals surface area contributed by atoms with E-state index in [4.69, 9.17) is 11.6 Å². The second-order valence-corrected chi connectivity index (χ2v) is 9.10. The van der Waals surface area contributed by atoms with Gasteiger partial charge in [-0.3, -0.25) is 14.7 Å². The van der Waals surface area contributed by atoms with Crippen LogP contribution >= 0.6 is 11.6 Å². The van der Waals surface area contributed by atoms with Crippen molar-refractivity contribution in [1.29, 1.82) is 0 Å². The average Bonchev–Trinajstić information content (AvgIpc) is 2.83. The fraction of sp³-hybridized carbons (Fsp3) is 0.333. The molecule has 1 atom stereocenters. The maximum atomic E-state index is 12.9. The Morgan fingerprint density at radius 3 is 2.44 bits per heavy atom. The van der Waals surface area contributed by atoms with Crippen LogP contribution in [0.3, 0.4) is 0 Å². The summed E-state index contributed by atoms with van der Waals surface area (Å²) in [6.45, 7) is 2.45. The Morgan fingerprint density at radius 1 is 1.03 bits per heavy atom. The molecule has 0 radical (unpaired) electrons. The lowest BCUT2D eigenvalue weighted by Gasteiger charge is -2.40. The smallest absolute Gasteiger partial charge is 0.253 e. The predicted molar refractivity (Wildman–Crippen MR) is 130 cm³/mol. The summed E-state index contributed by atoms with van der Waals surface area (Å²) in [7, 11) is 2.22. The van der Waals surface area contributed by atoms with Crippen LogP contribution < -0.4 is 0 Å². The molecule has 0 saturated carbocycles. The lowest BCUT2D eigenvalue weighted by molar-refractivity contribution is 0.0603. The van der Waals surface area contributed by atoms with Crippen molar-refractivity contribution in [2.24, 2.45) is 5.92 Å². The van der Waals surface area contributed by atoms with Crippen LogP contribution in [0.5, 0.6) is 0 Å². The molecule has 2 heterocycles. The average molecular weight is 448 g/mol. The standard InChI is InChI=1S/C27H30ClN3O/c1-30(20-22-10-14-29-15-11-22)26(18-21-6-3-2-4-7-21)23-12-16-31(17-13-23)27(32)24-8-5-9-25(28)19-24/h2-11,14-15,19,23,26H,12-13,16-18,20H2,1H3. The van der Waals surface area contributed by atoms with Crippen molar-refractivity contribution in [1.82, 2.24) is 14.8 Å². The third kappa shape index (κ3) is 5.76. The zero-order valence-corrected chi connectivity index (χ0v) is 19.3. The normalized spacial score (nSPS) is 15.7. The number of nitrogens with zero attached hydrogens (tertiary/aromatic N) is 3. The van der Waals surface area contributed by atoms with Gasteiger partial charge in [0.05, 0.1) is 0 Å². The monoisotopic (exact) mass is 447 g/mol. The first-order valence-corrected chi connectivity index (χ1v) is 11.7. The number of piperidine rings is 1. The Bertz CT molecular complexity index is 1000. The van der Waals surface area contributed by atoms with Gasteiger partial charge in [0, 0.05) is 48.7 Å². The lowest BCUT2D eigenvalue weighted by atomic mass is 9.84. The number of hydrogen-bond donors (Lipinski definition) is 0. The summed E-state index contributed by atoms with van der Waals surface area (Å²) in [5, 5.41) is 0.603. The Morgan fingerprint density at radius 2 is 1.75 bits per heavy atom. The quantitative estimate of drug-likeness (QED) is 0.491. The third-order valence-electron chi connectivity index (χ3n) is 6.48. The highest BCUT2D eigenvalue weighted by molar-refractivity contribution is 6.30. The van der Waals surface area contributed by atoms with Gasteiger partial charge in [0.15, 0.2) is 0 Å². The van der Waals surface area contributed by atoms with Crippen molar-refractivity contribution >= 4 is 17.5 Å². The molecule has 3 aromatic rings. The molecular formula is C27H30ClN3O. The van der Waals surface area contributed by atoms with Crippen molar-refractivity contribution in [2.75, 3.05) is 20.1 Å². The number of halogens is 1. The first kappa shape index (κ1) is 22.5. The minimum absolute atomic E-state index is 0.0794. The summed E-state index contributed by atoms with van der Waals surface area (Å²) in [4.78, 5) is 21.5. The number of amides is 1. The molecule has 2 aromatic carbocycles. The van der Waals surface area contributed by atoms with Gasteiger partial charge in [-0.2, -0.15) is 0 Å². The summed E-state index contributed by atoms with van der Waals surface area (Å²) in [6, 6.07) is 22.6. The number of likely N-dealkylation sites (N-methyl/N-ethyl adjacent to an activating group) is 1. The third-order valence-corrected chi connectivity index (χ3v) is 6.71. The van der Waals surface area contributed by atoms with Crippen LogP contribution in [0.1, 0.15) is 34.3 Å². The second-order valence-electron chi connectivity index (χ2n) is 8.67. The van der Waals surface area contributed by atoms with Crippen molar-refractivity contribution in [3.8, 4) is 0 Å². The molecule has 4 nitrogen and oxygen atoms in total. The van der Waals surface area contributed by atoms with Gasteiger partial charge in [0.25, 0.3) is 5.91 Å². The van der Waals surface area contributed by atoms with Gasteiger partial charge < -0.3 is 4.90 Å². The number of rotatable bonds is 7. The van der Waals surface area contributed by atoms with Gasteiger partial charge in [-0.25, -0.2) is 0 Å². The van der Waals surface area contributed by atoms with Gasteiger partial charge in [-0.05, 0) is 73.7 Å². The zero-order valence-electron chi connectivity index (χ0n) is 18.5. The number of hydrogen-bond acceptors (Lipinski definition) is 3. The molecule has 0 N–H and O–H groups in total. The molecule has 1 fully saturated rings. The minimum atomic E-state index is 0.0794. The SMILES string of the molecule is CN(Cc1ccncc1)C(Cc1ccccc1)C1CCN(C(=O)c2cccc(Cl)c2)CC1. The molecule has 1 unspecified atom stereocenters. The highest BCUT2D eigenvalue weighted by Crippen LogP contribution is 2.28. The fourth-order valence-electron chi connectivity index (χ4n) is 4.72. The molecular weight excluding hydrogens is 418 g/mol. The van der Waals surface area contributed by atoms with E-state index in [1.807, 2.05) is 29.4 Å². The highest BCUT2D eigenvalue weighted by atomic mass is 35.5. The second kappa shape index (κ2) is 10.8. The maximum absolute atomic E-state index is 12.9. The van der Waals surface area contributed by atoms with Crippen LogP contribution in [0.4, 0.5) is 0 Å². The first-order valence-electron chi connectivity index (χ1n) is 11.3. The van der Waals surface area contributed by atoms with Crippen LogP contribution in [0.2, 0.25) is 5.02 Å². The van der Waals surface area contributed by atoms with E-state index in [9.17, 15) is 4.79 Å². The van der Waals surface area contributed by atoms with Crippen LogP contribution in [-0.4, -0.2) is 46.9 Å². The van der Waals surface area contributed by atoms with E-state index in [-0.39, 0.29) is 5.91 Å². The molecule has 1 amide bonds. The number of likely N-dealkylation sites (tertiary alicyclic amines) is 1. The van der Waals surface area contributed by atoms with E-state index in [0.717, 1.165) is 38.9 Å². The Hall–Kier alpha value is -2.69. The van der Waals surface area contributed by atoms with E-state index in [0.29, 0.717) is 22.5 Å². The molecule has 0 aliphatic carbocycles. The molecule has 32 heavy (non-hydrogen) atoms. The molecule has 1 aliphatic rings. The minimum Gasteiger partial charge on any atom is -0.339 e. The Balaban J connectivity index is 1.45. The predicted octanol–water partition coefficient (Wildman–Crippen LogP) is 5.33. The molecule has 1 aromatic heterocycles. The van der Waals surface area contributed by atoms with E-state index in [2.05, 4.69) is 59.4 Å². The summed E-state index contributed by atoms with van der Waals surface area (Å²) in [5.41, 5.74) is 3.30. The molecule has 0 bridgehead atoms. The van der Waals surface area contributed by atoms with E-state index in [1.165, 1.54) is 11.1 Å². The highest BCUT2D eigenvalue weighted by Gasteiger charge is 2.31. The van der Waals surface area contributed by atoms with Crippen molar-refractivity contribution < 1.29 is 4.79 Å². The van der Waals surface area contributed by atoms with Gasteiger partial charge in [0.2, 0.25) is 0 Å². The van der Waals surface area contributed by atoms with Crippen molar-refractivity contribution in [3.63, 3.8) is 0 Å². The number of benzene rings is 2. The number of aromatic nitrogens is 1. The number of carbonyl (C=O) groups is 1. The summed E-state index contributed by atoms with van der Waals surface area (Å²) in [6.07, 6.45) is 6.73. The Labute approximate surface area is 195 Å². The van der Waals surface area contributed by atoms with Crippen molar-refractivity contribution in [2.45, 2.75) is 31.8 Å². The zero-order chi connectivity index (χ0) is 22.3. The molecule has 0 spiro atoms. The van der Waals surface area contributed by atoms with Crippen LogP contribution in [0.15, 0.2) is 79.1 Å². The first-order chi connectivity index (χ1) is 15.6. The van der Waals surface area contributed by atoms with Gasteiger partial charge in [-0.15, -0.1) is 0 Å². The maximum Gasteiger partial charge on any atom is 0.253 e. The molecule has 1 saturated heterocycles. The Kier molecular flexibility index (Phi) is 7.56. The summed E-state index contributed by atoms with van der Waals surface area (Å²) < 4.78 is 0. The molecule has 4 rings (SSSR count). The van der Waals surface area contributed by atoms with Crippen LogP contribution in [0.25, 0.3) is 0 Å². The number of carbonyl (C=O) groups excluding carboxylic acids is 1. The summed E-state index contributed by atoms with van der Waals surface area (Å²) >= 11 is 6.09. The molecule has 166 valence electrons. The van der Waals surface area contributed by atoms with Crippen molar-refractivity contribution in [3.05, 3.63) is 101 Å². The van der Waals surface area contributed by atoms with Gasteiger partial charge in [0.1, 0.15) is 0 Å². The van der Waals surface area contributed by atoms with Gasteiger partial charge >= 0.3 is 0 Å². The van der Waals surface area contributed by atoms with E-state index in [1.54, 1.807) is 12.1 Å². The number of pyridine rings is 1. The summed E-state index contributed by atoms with van der Waals surface area (Å²) in [5.74, 6) is 0.612. The topological polar surface area (TPSA) is 36.4 Å². The fourth-order valence-corrected chi connectivity index (χ4v) is 4.91. The van der Waals surface area contributed by atoms with Crippen LogP contribution in [-0.2, 0) is 13.0 Å². The van der Waals surface area contributed by atoms with Gasteiger partial charge in [-0.1, -0.05) is 48.0 Å². The largest absolute Gasteiger partial charge is 0.339 e. The van der Waals surface area contributed by atoms with E-state index < -0.39 is 0 Å². The van der Waals surface area contributed by atoms with Crippen LogP contribution in [0, 0.1) is 5.92 Å². The molecule has 5 heteroatoms.